The average molecular weight is 426 g/mol. The van der Waals surface area contributed by atoms with Gasteiger partial charge in [-0.3, -0.25) is 4.79 Å². The van der Waals surface area contributed by atoms with Gasteiger partial charge < -0.3 is 19.5 Å². The molecule has 0 radical (unpaired) electrons. The summed E-state index contributed by atoms with van der Waals surface area (Å²) >= 11 is 0. The Kier molecular flexibility index (Phi) is 6.15. The lowest BCUT2D eigenvalue weighted by molar-refractivity contribution is 0.0963. The zero-order chi connectivity index (χ0) is 22.5. The number of hydrogen-bond donors (Lipinski definition) is 2. The minimum absolute atomic E-state index is 0.121. The molecule has 0 bridgehead atoms. The third-order valence-corrected chi connectivity index (χ3v) is 4.91. The van der Waals surface area contributed by atoms with Gasteiger partial charge in [-0.2, -0.15) is 0 Å². The molecule has 7 heteroatoms. The van der Waals surface area contributed by atoms with Crippen molar-refractivity contribution in [2.45, 2.75) is 19.6 Å². The average Bonchev–Trinajstić information content (AvgIpc) is 3.48. The SMILES string of the molecule is CNC(=O)c1ccc(C#Cc2ccc(-c3cc(Cn4ccnc4[C@H](C)O)no3)cc2)cc1. The molecule has 4 rings (SSSR count). The summed E-state index contributed by atoms with van der Waals surface area (Å²) in [6.45, 7) is 2.14. The molecule has 0 aliphatic heterocycles. The molecular weight excluding hydrogens is 404 g/mol. The lowest BCUT2D eigenvalue weighted by Crippen LogP contribution is -2.17. The van der Waals surface area contributed by atoms with Crippen LogP contribution in [-0.4, -0.2) is 32.8 Å². The van der Waals surface area contributed by atoms with E-state index in [1.807, 2.05) is 47.0 Å². The van der Waals surface area contributed by atoms with E-state index >= 15 is 0 Å². The van der Waals surface area contributed by atoms with Gasteiger partial charge in [-0.1, -0.05) is 17.0 Å². The highest BCUT2D eigenvalue weighted by Gasteiger charge is 2.12. The minimum atomic E-state index is -0.654. The normalized spacial score (nSPS) is 11.5. The number of imidazole rings is 1. The van der Waals surface area contributed by atoms with Crippen molar-refractivity contribution in [2.24, 2.45) is 0 Å². The van der Waals surface area contributed by atoms with Crippen molar-refractivity contribution in [3.05, 3.63) is 95.2 Å². The standard InChI is InChI=1S/C25H22N4O3/c1-17(30)24-27-13-14-29(24)16-22-15-23(32-28-22)20-9-5-18(6-10-20)3-4-19-7-11-21(12-8-19)25(31)26-2/h5-15,17,30H,16H2,1-2H3,(H,26,31)/t17-/m0/s1. The fourth-order valence-electron chi connectivity index (χ4n) is 3.23. The van der Waals surface area contributed by atoms with Gasteiger partial charge in [0.05, 0.1) is 6.54 Å². The molecule has 4 aromatic rings. The van der Waals surface area contributed by atoms with Gasteiger partial charge in [-0.25, -0.2) is 4.98 Å². The smallest absolute Gasteiger partial charge is 0.251 e. The molecule has 0 aliphatic carbocycles. The summed E-state index contributed by atoms with van der Waals surface area (Å²) < 4.78 is 7.33. The summed E-state index contributed by atoms with van der Waals surface area (Å²) in [6.07, 6.45) is 2.80. The molecule has 0 aliphatic rings. The molecule has 2 heterocycles. The van der Waals surface area contributed by atoms with Crippen LogP contribution in [-0.2, 0) is 6.54 Å². The van der Waals surface area contributed by atoms with E-state index in [-0.39, 0.29) is 5.91 Å². The second-order valence-electron chi connectivity index (χ2n) is 7.26. The van der Waals surface area contributed by atoms with E-state index < -0.39 is 6.10 Å². The third kappa shape index (κ3) is 4.77. The number of carbonyl (C=O) groups is 1. The van der Waals surface area contributed by atoms with E-state index in [9.17, 15) is 9.90 Å². The Morgan fingerprint density at radius 2 is 1.78 bits per heavy atom. The lowest BCUT2D eigenvalue weighted by Gasteiger charge is -2.07. The Bertz CT molecular complexity index is 1270. The molecule has 1 atom stereocenters. The Morgan fingerprint density at radius 3 is 2.41 bits per heavy atom. The summed E-state index contributed by atoms with van der Waals surface area (Å²) in [5, 5.41) is 16.5. The number of hydrogen-bond acceptors (Lipinski definition) is 5. The molecule has 2 aromatic heterocycles. The Morgan fingerprint density at radius 1 is 1.12 bits per heavy atom. The molecule has 160 valence electrons. The summed E-state index contributed by atoms with van der Waals surface area (Å²) in [4.78, 5) is 15.8. The number of carbonyl (C=O) groups excluding carboxylic acids is 1. The van der Waals surface area contributed by atoms with E-state index in [2.05, 4.69) is 27.3 Å². The van der Waals surface area contributed by atoms with Crippen LogP contribution in [0, 0.1) is 11.8 Å². The van der Waals surface area contributed by atoms with Gasteiger partial charge in [0.2, 0.25) is 0 Å². The van der Waals surface area contributed by atoms with E-state index in [1.54, 1.807) is 38.5 Å². The first-order chi connectivity index (χ1) is 15.5. The largest absolute Gasteiger partial charge is 0.385 e. The zero-order valence-corrected chi connectivity index (χ0v) is 17.7. The van der Waals surface area contributed by atoms with E-state index in [0.29, 0.717) is 23.7 Å². The van der Waals surface area contributed by atoms with Crippen LogP contribution in [0.1, 0.15) is 46.0 Å². The van der Waals surface area contributed by atoms with Crippen molar-refractivity contribution in [3.63, 3.8) is 0 Å². The summed E-state index contributed by atoms with van der Waals surface area (Å²) in [5.41, 5.74) is 3.93. The van der Waals surface area contributed by atoms with Gasteiger partial charge in [0, 0.05) is 47.8 Å². The van der Waals surface area contributed by atoms with Gasteiger partial charge in [-0.05, 0) is 55.5 Å². The summed E-state index contributed by atoms with van der Waals surface area (Å²) in [5.74, 6) is 7.34. The summed E-state index contributed by atoms with van der Waals surface area (Å²) in [7, 11) is 1.60. The predicted molar refractivity (Wildman–Crippen MR) is 120 cm³/mol. The maximum atomic E-state index is 11.6. The fourth-order valence-corrected chi connectivity index (χ4v) is 3.23. The Labute approximate surface area is 185 Å². The minimum Gasteiger partial charge on any atom is -0.385 e. The van der Waals surface area contributed by atoms with Gasteiger partial charge in [-0.15, -0.1) is 0 Å². The first-order valence-electron chi connectivity index (χ1n) is 10.1. The first kappa shape index (κ1) is 21.1. The second kappa shape index (κ2) is 9.33. The van der Waals surface area contributed by atoms with Crippen LogP contribution in [0.3, 0.4) is 0 Å². The molecule has 2 N–H and O–H groups in total. The predicted octanol–water partition coefficient (Wildman–Crippen LogP) is 3.40. The van der Waals surface area contributed by atoms with E-state index in [0.717, 1.165) is 22.4 Å². The van der Waals surface area contributed by atoms with Crippen molar-refractivity contribution in [2.75, 3.05) is 7.05 Å². The third-order valence-electron chi connectivity index (χ3n) is 4.91. The van der Waals surface area contributed by atoms with Crippen LogP contribution < -0.4 is 5.32 Å². The zero-order valence-electron chi connectivity index (χ0n) is 17.7. The monoisotopic (exact) mass is 426 g/mol. The fraction of sp³-hybridized carbons (Fsp3) is 0.160. The van der Waals surface area contributed by atoms with Crippen molar-refractivity contribution in [3.8, 4) is 23.2 Å². The van der Waals surface area contributed by atoms with Crippen LogP contribution in [0.15, 0.2) is 71.5 Å². The topological polar surface area (TPSA) is 93.2 Å². The van der Waals surface area contributed by atoms with Gasteiger partial charge in [0.25, 0.3) is 5.91 Å². The lowest BCUT2D eigenvalue weighted by atomic mass is 10.1. The van der Waals surface area contributed by atoms with Gasteiger partial charge >= 0.3 is 0 Å². The van der Waals surface area contributed by atoms with Crippen LogP contribution in [0.2, 0.25) is 0 Å². The number of aromatic nitrogens is 3. The van der Waals surface area contributed by atoms with Crippen molar-refractivity contribution in [1.29, 1.82) is 0 Å². The molecule has 7 nitrogen and oxygen atoms in total. The molecule has 0 saturated carbocycles. The second-order valence-corrected chi connectivity index (χ2v) is 7.26. The van der Waals surface area contributed by atoms with Crippen molar-refractivity contribution >= 4 is 5.91 Å². The van der Waals surface area contributed by atoms with Gasteiger partial charge in [0.15, 0.2) is 5.76 Å². The number of rotatable bonds is 5. The highest BCUT2D eigenvalue weighted by Crippen LogP contribution is 2.22. The maximum Gasteiger partial charge on any atom is 0.251 e. The van der Waals surface area contributed by atoms with Crippen LogP contribution in [0.5, 0.6) is 0 Å². The van der Waals surface area contributed by atoms with Crippen molar-refractivity contribution < 1.29 is 14.4 Å². The molecule has 1 amide bonds. The molecule has 0 spiro atoms. The maximum absolute atomic E-state index is 11.6. The molecule has 0 fully saturated rings. The molecular formula is C25H22N4O3. The van der Waals surface area contributed by atoms with Crippen LogP contribution >= 0.6 is 0 Å². The van der Waals surface area contributed by atoms with Crippen LogP contribution in [0.25, 0.3) is 11.3 Å². The quantitative estimate of drug-likeness (QED) is 0.477. The van der Waals surface area contributed by atoms with E-state index in [4.69, 9.17) is 4.52 Å². The summed E-state index contributed by atoms with van der Waals surface area (Å²) in [6, 6.07) is 16.7. The highest BCUT2D eigenvalue weighted by atomic mass is 16.5. The number of aliphatic hydroxyl groups excluding tert-OH is 1. The number of nitrogens with zero attached hydrogens (tertiary/aromatic N) is 3. The molecule has 0 saturated heterocycles. The Hall–Kier alpha value is -4.15. The highest BCUT2D eigenvalue weighted by molar-refractivity contribution is 5.94. The number of amides is 1. The molecule has 2 aromatic carbocycles. The number of benzene rings is 2. The van der Waals surface area contributed by atoms with Crippen molar-refractivity contribution in [1.82, 2.24) is 20.0 Å². The number of nitrogens with one attached hydrogen (secondary N) is 1. The van der Waals surface area contributed by atoms with Gasteiger partial charge in [0.1, 0.15) is 17.6 Å². The van der Waals surface area contributed by atoms with E-state index in [1.165, 1.54) is 0 Å². The van der Waals surface area contributed by atoms with Crippen LogP contribution in [0.4, 0.5) is 0 Å². The number of aliphatic hydroxyl groups is 1. The molecule has 32 heavy (non-hydrogen) atoms. The molecule has 0 unspecified atom stereocenters. The Balaban J connectivity index is 1.44. The first-order valence-corrected chi connectivity index (χ1v) is 10.1.